The van der Waals surface area contributed by atoms with E-state index in [4.69, 9.17) is 0 Å². The highest BCUT2D eigenvalue weighted by Gasteiger charge is 2.15. The van der Waals surface area contributed by atoms with Crippen molar-refractivity contribution < 1.29 is 4.92 Å². The number of para-hydroxylation sites is 1. The van der Waals surface area contributed by atoms with Crippen LogP contribution in [0.4, 0.5) is 11.4 Å². The van der Waals surface area contributed by atoms with Gasteiger partial charge in [-0.15, -0.1) is 0 Å². The van der Waals surface area contributed by atoms with Crippen molar-refractivity contribution in [2.24, 2.45) is 7.05 Å². The predicted octanol–water partition coefficient (Wildman–Crippen LogP) is 3.23. The molecule has 7 heteroatoms. The molecule has 7 nitrogen and oxygen atoms in total. The van der Waals surface area contributed by atoms with Crippen LogP contribution in [0, 0.1) is 17.0 Å². The van der Waals surface area contributed by atoms with Crippen molar-refractivity contribution in [3.63, 3.8) is 0 Å². The Morgan fingerprint density at radius 2 is 2.21 bits per heavy atom. The van der Waals surface area contributed by atoms with E-state index in [9.17, 15) is 10.1 Å². The molecule has 0 fully saturated rings. The van der Waals surface area contributed by atoms with Crippen molar-refractivity contribution in [1.82, 2.24) is 14.8 Å². The van der Waals surface area contributed by atoms with E-state index >= 15 is 0 Å². The van der Waals surface area contributed by atoms with Gasteiger partial charge in [0.1, 0.15) is 0 Å². The monoisotopic (exact) mass is 325 g/mol. The second-order valence-electron chi connectivity index (χ2n) is 5.79. The van der Waals surface area contributed by atoms with E-state index in [2.05, 4.69) is 15.4 Å². The fourth-order valence-electron chi connectivity index (χ4n) is 2.77. The van der Waals surface area contributed by atoms with E-state index in [-0.39, 0.29) is 10.6 Å². The Bertz CT molecular complexity index is 888. The van der Waals surface area contributed by atoms with Gasteiger partial charge in [-0.1, -0.05) is 12.1 Å². The number of rotatable bonds is 6. The molecule has 2 heterocycles. The number of aryl methyl sites for hydroxylation is 3. The SMILES string of the molecule is Cc1cc(NCCCc2cnn(C)c2)c2cccc([N+](=O)[O-])c2n1. The summed E-state index contributed by atoms with van der Waals surface area (Å²) in [6.45, 7) is 2.62. The summed E-state index contributed by atoms with van der Waals surface area (Å²) in [6.07, 6.45) is 5.76. The molecule has 0 bridgehead atoms. The summed E-state index contributed by atoms with van der Waals surface area (Å²) in [6, 6.07) is 6.97. The van der Waals surface area contributed by atoms with Crippen LogP contribution in [0.25, 0.3) is 10.9 Å². The molecule has 0 saturated heterocycles. The zero-order valence-electron chi connectivity index (χ0n) is 13.7. The maximum Gasteiger partial charge on any atom is 0.295 e. The average molecular weight is 325 g/mol. The number of anilines is 1. The molecule has 124 valence electrons. The number of nitrogens with zero attached hydrogens (tertiary/aromatic N) is 4. The highest BCUT2D eigenvalue weighted by Crippen LogP contribution is 2.29. The molecular formula is C17H19N5O2. The average Bonchev–Trinajstić information content (AvgIpc) is 2.96. The number of nitrogens with one attached hydrogen (secondary N) is 1. The van der Waals surface area contributed by atoms with Gasteiger partial charge >= 0.3 is 0 Å². The van der Waals surface area contributed by atoms with Crippen LogP contribution in [0.3, 0.4) is 0 Å². The molecule has 0 radical (unpaired) electrons. The minimum Gasteiger partial charge on any atom is -0.384 e. The largest absolute Gasteiger partial charge is 0.384 e. The molecule has 0 atom stereocenters. The van der Waals surface area contributed by atoms with Crippen LogP contribution < -0.4 is 5.32 Å². The lowest BCUT2D eigenvalue weighted by Crippen LogP contribution is -2.05. The quantitative estimate of drug-likeness (QED) is 0.427. The molecule has 0 unspecified atom stereocenters. The molecule has 3 aromatic rings. The molecule has 0 aliphatic heterocycles. The molecule has 0 amide bonds. The smallest absolute Gasteiger partial charge is 0.295 e. The van der Waals surface area contributed by atoms with Gasteiger partial charge in [-0.05, 0) is 31.4 Å². The number of aromatic nitrogens is 3. The van der Waals surface area contributed by atoms with Gasteiger partial charge in [0.15, 0.2) is 5.52 Å². The Kier molecular flexibility index (Phi) is 4.41. The summed E-state index contributed by atoms with van der Waals surface area (Å²) in [5.41, 5.74) is 3.30. The van der Waals surface area contributed by atoms with Gasteiger partial charge in [0.2, 0.25) is 0 Å². The first-order chi connectivity index (χ1) is 11.5. The first-order valence-electron chi connectivity index (χ1n) is 7.81. The summed E-state index contributed by atoms with van der Waals surface area (Å²) in [7, 11) is 1.90. The van der Waals surface area contributed by atoms with E-state index in [0.29, 0.717) is 5.52 Å². The van der Waals surface area contributed by atoms with Crippen molar-refractivity contribution in [3.05, 3.63) is 58.0 Å². The molecule has 0 aliphatic carbocycles. The summed E-state index contributed by atoms with van der Waals surface area (Å²) in [5.74, 6) is 0. The van der Waals surface area contributed by atoms with Gasteiger partial charge in [0, 0.05) is 42.6 Å². The molecular weight excluding hydrogens is 306 g/mol. The number of nitro benzene ring substituents is 1. The highest BCUT2D eigenvalue weighted by molar-refractivity contribution is 5.96. The van der Waals surface area contributed by atoms with Gasteiger partial charge in [0.25, 0.3) is 5.69 Å². The van der Waals surface area contributed by atoms with E-state index in [1.165, 1.54) is 11.6 Å². The van der Waals surface area contributed by atoms with Crippen LogP contribution >= 0.6 is 0 Å². The Morgan fingerprint density at radius 3 is 2.92 bits per heavy atom. The lowest BCUT2D eigenvalue weighted by Gasteiger charge is -2.10. The second kappa shape index (κ2) is 6.66. The van der Waals surface area contributed by atoms with Crippen molar-refractivity contribution in [2.45, 2.75) is 19.8 Å². The second-order valence-corrected chi connectivity index (χ2v) is 5.79. The third-order valence-corrected chi connectivity index (χ3v) is 3.86. The van der Waals surface area contributed by atoms with Gasteiger partial charge in [-0.25, -0.2) is 4.98 Å². The van der Waals surface area contributed by atoms with Gasteiger partial charge in [0.05, 0.1) is 11.1 Å². The van der Waals surface area contributed by atoms with Crippen LogP contribution in [-0.4, -0.2) is 26.2 Å². The molecule has 24 heavy (non-hydrogen) atoms. The summed E-state index contributed by atoms with van der Waals surface area (Å²) in [4.78, 5) is 15.1. The van der Waals surface area contributed by atoms with Crippen LogP contribution in [0.5, 0.6) is 0 Å². The van der Waals surface area contributed by atoms with Crippen molar-refractivity contribution in [2.75, 3.05) is 11.9 Å². The third-order valence-electron chi connectivity index (χ3n) is 3.86. The standard InChI is InChI=1S/C17H19N5O2/c1-12-9-15(18-8-4-5-13-10-19-21(2)11-13)14-6-3-7-16(22(23)24)17(14)20-12/h3,6-7,9-11H,4-5,8H2,1-2H3,(H,18,20). The van der Waals surface area contributed by atoms with E-state index in [1.807, 2.05) is 38.5 Å². The van der Waals surface area contributed by atoms with E-state index in [0.717, 1.165) is 36.2 Å². The normalized spacial score (nSPS) is 10.9. The topological polar surface area (TPSA) is 85.9 Å². The van der Waals surface area contributed by atoms with Gasteiger partial charge in [-0.2, -0.15) is 5.10 Å². The number of non-ortho nitro benzene ring substituents is 1. The lowest BCUT2D eigenvalue weighted by atomic mass is 10.1. The molecule has 0 aliphatic rings. The van der Waals surface area contributed by atoms with Crippen LogP contribution in [0.1, 0.15) is 17.7 Å². The molecule has 1 N–H and O–H groups in total. The first kappa shape index (κ1) is 15.9. The highest BCUT2D eigenvalue weighted by atomic mass is 16.6. The number of nitro groups is 1. The molecule has 0 spiro atoms. The summed E-state index contributed by atoms with van der Waals surface area (Å²) in [5, 5.41) is 19.5. The Balaban J connectivity index is 1.76. The minimum absolute atomic E-state index is 0.0367. The molecule has 2 aromatic heterocycles. The van der Waals surface area contributed by atoms with Crippen LogP contribution in [-0.2, 0) is 13.5 Å². The van der Waals surface area contributed by atoms with E-state index < -0.39 is 0 Å². The van der Waals surface area contributed by atoms with Crippen LogP contribution in [0.2, 0.25) is 0 Å². The number of hydrogen-bond acceptors (Lipinski definition) is 5. The van der Waals surface area contributed by atoms with Gasteiger partial charge in [-0.3, -0.25) is 14.8 Å². The van der Waals surface area contributed by atoms with Crippen LogP contribution in [0.15, 0.2) is 36.7 Å². The first-order valence-corrected chi connectivity index (χ1v) is 7.81. The molecule has 1 aromatic carbocycles. The fraction of sp³-hybridized carbons (Fsp3) is 0.294. The predicted molar refractivity (Wildman–Crippen MR) is 93.2 cm³/mol. The zero-order chi connectivity index (χ0) is 17.1. The molecule has 3 rings (SSSR count). The van der Waals surface area contributed by atoms with Crippen molar-refractivity contribution in [3.8, 4) is 0 Å². The van der Waals surface area contributed by atoms with Crippen molar-refractivity contribution in [1.29, 1.82) is 0 Å². The maximum atomic E-state index is 11.2. The number of benzene rings is 1. The summed E-state index contributed by atoms with van der Waals surface area (Å²) < 4.78 is 1.79. The fourth-order valence-corrected chi connectivity index (χ4v) is 2.77. The molecule has 0 saturated carbocycles. The van der Waals surface area contributed by atoms with E-state index in [1.54, 1.807) is 10.7 Å². The number of hydrogen-bond donors (Lipinski definition) is 1. The lowest BCUT2D eigenvalue weighted by molar-refractivity contribution is -0.383. The zero-order valence-corrected chi connectivity index (χ0v) is 13.7. The summed E-state index contributed by atoms with van der Waals surface area (Å²) >= 11 is 0. The Hall–Kier alpha value is -2.96. The Morgan fingerprint density at radius 1 is 1.38 bits per heavy atom. The maximum absolute atomic E-state index is 11.2. The minimum atomic E-state index is -0.388. The number of pyridine rings is 1. The Labute approximate surface area is 139 Å². The number of fused-ring (bicyclic) bond motifs is 1. The van der Waals surface area contributed by atoms with Crippen molar-refractivity contribution >= 4 is 22.3 Å². The third kappa shape index (κ3) is 3.34. The van der Waals surface area contributed by atoms with Gasteiger partial charge < -0.3 is 5.32 Å².